The number of nitrogens with zero attached hydrogens (tertiary/aromatic N) is 2. The van der Waals surface area contributed by atoms with Crippen molar-refractivity contribution >= 4 is 17.3 Å². The van der Waals surface area contributed by atoms with Crippen LogP contribution in [0.4, 0.5) is 11.4 Å². The first-order valence-corrected chi connectivity index (χ1v) is 6.42. The number of nitrogen functional groups attached to an aromatic ring is 1. The van der Waals surface area contributed by atoms with Gasteiger partial charge in [-0.1, -0.05) is 6.07 Å². The zero-order chi connectivity index (χ0) is 13.8. The summed E-state index contributed by atoms with van der Waals surface area (Å²) in [5.41, 5.74) is 7.86. The largest absolute Gasteiger partial charge is 0.396 e. The summed E-state index contributed by atoms with van der Waals surface area (Å²) in [7, 11) is 1.66. The van der Waals surface area contributed by atoms with E-state index in [-0.39, 0.29) is 11.8 Å². The Balaban J connectivity index is 2.23. The number of piperidine rings is 1. The second-order valence-electron chi connectivity index (χ2n) is 4.75. The van der Waals surface area contributed by atoms with Crippen LogP contribution in [0, 0.1) is 17.2 Å². The number of nitrogens with one attached hydrogen (secondary N) is 1. The highest BCUT2D eigenvalue weighted by atomic mass is 16.1. The molecule has 1 aromatic carbocycles. The monoisotopic (exact) mass is 258 g/mol. The van der Waals surface area contributed by atoms with Gasteiger partial charge in [0, 0.05) is 20.1 Å². The second kappa shape index (κ2) is 5.61. The molecular weight excluding hydrogens is 240 g/mol. The fraction of sp³-hybridized carbons (Fsp3) is 0.429. The number of hydrogen-bond donors (Lipinski definition) is 2. The summed E-state index contributed by atoms with van der Waals surface area (Å²) in [5, 5.41) is 11.7. The van der Waals surface area contributed by atoms with E-state index in [0.29, 0.717) is 17.8 Å². The molecule has 0 saturated carbocycles. The number of benzene rings is 1. The lowest BCUT2D eigenvalue weighted by atomic mass is 9.96. The van der Waals surface area contributed by atoms with Crippen LogP contribution in [-0.4, -0.2) is 26.0 Å². The molecule has 19 heavy (non-hydrogen) atoms. The van der Waals surface area contributed by atoms with E-state index in [1.807, 2.05) is 12.1 Å². The van der Waals surface area contributed by atoms with Crippen LogP contribution < -0.4 is 16.0 Å². The van der Waals surface area contributed by atoms with Crippen LogP contribution in [0.25, 0.3) is 0 Å². The molecule has 100 valence electrons. The maximum atomic E-state index is 11.7. The Morgan fingerprint density at radius 2 is 2.37 bits per heavy atom. The topological polar surface area (TPSA) is 82.2 Å². The van der Waals surface area contributed by atoms with E-state index in [0.717, 1.165) is 25.1 Å². The first kappa shape index (κ1) is 13.2. The molecule has 1 unspecified atom stereocenters. The van der Waals surface area contributed by atoms with Crippen molar-refractivity contribution in [1.82, 2.24) is 5.32 Å². The Hall–Kier alpha value is -2.22. The summed E-state index contributed by atoms with van der Waals surface area (Å²) in [4.78, 5) is 13.8. The summed E-state index contributed by atoms with van der Waals surface area (Å²) in [6, 6.07) is 7.53. The van der Waals surface area contributed by atoms with Gasteiger partial charge in [-0.3, -0.25) is 4.79 Å². The van der Waals surface area contributed by atoms with E-state index in [9.17, 15) is 4.79 Å². The van der Waals surface area contributed by atoms with E-state index in [4.69, 9.17) is 11.0 Å². The average molecular weight is 258 g/mol. The van der Waals surface area contributed by atoms with Crippen LogP contribution in [0.1, 0.15) is 18.4 Å². The fourth-order valence-electron chi connectivity index (χ4n) is 2.54. The Morgan fingerprint density at radius 3 is 3.05 bits per heavy atom. The predicted molar refractivity (Wildman–Crippen MR) is 74.6 cm³/mol. The lowest BCUT2D eigenvalue weighted by Crippen LogP contribution is -2.42. The number of amides is 1. The molecule has 5 nitrogen and oxygen atoms in total. The van der Waals surface area contributed by atoms with Gasteiger partial charge in [0.25, 0.3) is 0 Å². The van der Waals surface area contributed by atoms with Crippen molar-refractivity contribution < 1.29 is 4.79 Å². The number of anilines is 2. The molecule has 1 amide bonds. The Bertz CT molecular complexity index is 521. The second-order valence-corrected chi connectivity index (χ2v) is 4.75. The number of nitrogens with two attached hydrogens (primary N) is 1. The van der Waals surface area contributed by atoms with Gasteiger partial charge in [-0.2, -0.15) is 5.26 Å². The highest BCUT2D eigenvalue weighted by Crippen LogP contribution is 2.30. The fourth-order valence-corrected chi connectivity index (χ4v) is 2.54. The zero-order valence-corrected chi connectivity index (χ0v) is 11.0. The average Bonchev–Trinajstić information content (AvgIpc) is 2.46. The van der Waals surface area contributed by atoms with E-state index in [2.05, 4.69) is 16.3 Å². The zero-order valence-electron chi connectivity index (χ0n) is 11.0. The number of carbonyl (C=O) groups is 1. The summed E-state index contributed by atoms with van der Waals surface area (Å²) >= 11 is 0. The molecule has 0 radical (unpaired) electrons. The van der Waals surface area contributed by atoms with E-state index in [1.165, 1.54) is 0 Å². The van der Waals surface area contributed by atoms with Crippen molar-refractivity contribution in [1.29, 1.82) is 5.26 Å². The quantitative estimate of drug-likeness (QED) is 0.778. The minimum absolute atomic E-state index is 0.0103. The van der Waals surface area contributed by atoms with Crippen LogP contribution >= 0.6 is 0 Å². The Labute approximate surface area is 113 Å². The van der Waals surface area contributed by atoms with Crippen molar-refractivity contribution in [3.63, 3.8) is 0 Å². The maximum absolute atomic E-state index is 11.7. The van der Waals surface area contributed by atoms with Crippen LogP contribution in [0.3, 0.4) is 0 Å². The van der Waals surface area contributed by atoms with Gasteiger partial charge in [-0.05, 0) is 25.0 Å². The molecule has 1 heterocycles. The van der Waals surface area contributed by atoms with Crippen molar-refractivity contribution in [2.45, 2.75) is 12.8 Å². The Kier molecular flexibility index (Phi) is 3.91. The number of rotatable bonds is 2. The highest BCUT2D eigenvalue weighted by Gasteiger charge is 2.26. The number of carbonyl (C=O) groups excluding carboxylic acids is 1. The van der Waals surface area contributed by atoms with Gasteiger partial charge in [0.2, 0.25) is 5.91 Å². The number of hydrogen-bond acceptors (Lipinski definition) is 4. The summed E-state index contributed by atoms with van der Waals surface area (Å²) in [5.74, 6) is 0.0589. The molecule has 0 spiro atoms. The molecule has 1 atom stereocenters. The van der Waals surface area contributed by atoms with Crippen molar-refractivity contribution in [3.05, 3.63) is 23.8 Å². The number of nitriles is 1. The van der Waals surface area contributed by atoms with Crippen molar-refractivity contribution in [2.75, 3.05) is 30.8 Å². The van der Waals surface area contributed by atoms with Crippen molar-refractivity contribution in [2.24, 2.45) is 5.92 Å². The van der Waals surface area contributed by atoms with Crippen LogP contribution in [0.15, 0.2) is 18.2 Å². The lowest BCUT2D eigenvalue weighted by Gasteiger charge is -2.34. The lowest BCUT2D eigenvalue weighted by molar-refractivity contribution is -0.124. The van der Waals surface area contributed by atoms with Crippen LogP contribution in [0.2, 0.25) is 0 Å². The smallest absolute Gasteiger partial charge is 0.224 e. The molecule has 5 heteroatoms. The molecule has 1 fully saturated rings. The normalized spacial score (nSPS) is 18.7. The van der Waals surface area contributed by atoms with Gasteiger partial charge in [-0.15, -0.1) is 0 Å². The molecular formula is C14H18N4O. The molecule has 2 rings (SSSR count). The standard InChI is InChI=1S/C14H18N4O/c1-17-14(19)11-5-3-7-18(9-11)12-6-2-4-10(8-15)13(12)16/h2,4,6,11H,3,5,7,9,16H2,1H3,(H,17,19). The van der Waals surface area contributed by atoms with Gasteiger partial charge in [-0.25, -0.2) is 0 Å². The molecule has 0 aliphatic carbocycles. The summed E-state index contributed by atoms with van der Waals surface area (Å²) in [6.45, 7) is 1.52. The third kappa shape index (κ3) is 2.63. The van der Waals surface area contributed by atoms with Gasteiger partial charge >= 0.3 is 0 Å². The first-order chi connectivity index (χ1) is 9.17. The predicted octanol–water partition coefficient (Wildman–Crippen LogP) is 1.10. The molecule has 1 aliphatic rings. The van der Waals surface area contributed by atoms with Crippen LogP contribution in [-0.2, 0) is 4.79 Å². The summed E-state index contributed by atoms with van der Waals surface area (Å²) < 4.78 is 0. The molecule has 0 aromatic heterocycles. The minimum atomic E-state index is -0.0103. The van der Waals surface area contributed by atoms with E-state index < -0.39 is 0 Å². The molecule has 1 saturated heterocycles. The van der Waals surface area contributed by atoms with E-state index in [1.54, 1.807) is 13.1 Å². The highest BCUT2D eigenvalue weighted by molar-refractivity contribution is 5.80. The van der Waals surface area contributed by atoms with Gasteiger partial charge in [0.1, 0.15) is 6.07 Å². The minimum Gasteiger partial charge on any atom is -0.396 e. The van der Waals surface area contributed by atoms with Gasteiger partial charge < -0.3 is 16.0 Å². The first-order valence-electron chi connectivity index (χ1n) is 6.42. The molecule has 0 bridgehead atoms. The SMILES string of the molecule is CNC(=O)C1CCCN(c2cccc(C#N)c2N)C1. The molecule has 1 aromatic rings. The van der Waals surface area contributed by atoms with Crippen molar-refractivity contribution in [3.8, 4) is 6.07 Å². The number of para-hydroxylation sites is 1. The van der Waals surface area contributed by atoms with E-state index >= 15 is 0 Å². The third-order valence-corrected chi connectivity index (χ3v) is 3.58. The van der Waals surface area contributed by atoms with Gasteiger partial charge in [0.15, 0.2) is 0 Å². The Morgan fingerprint density at radius 1 is 1.58 bits per heavy atom. The maximum Gasteiger partial charge on any atom is 0.224 e. The van der Waals surface area contributed by atoms with Gasteiger partial charge in [0.05, 0.1) is 22.9 Å². The molecule has 1 aliphatic heterocycles. The third-order valence-electron chi connectivity index (χ3n) is 3.58. The molecule has 3 N–H and O–H groups in total. The van der Waals surface area contributed by atoms with Crippen LogP contribution in [0.5, 0.6) is 0 Å². The summed E-state index contributed by atoms with van der Waals surface area (Å²) in [6.07, 6.45) is 1.85.